The van der Waals surface area contributed by atoms with Gasteiger partial charge in [0.2, 0.25) is 17.8 Å². The van der Waals surface area contributed by atoms with Crippen LogP contribution >= 0.6 is 0 Å². The number of amides is 1. The number of aromatic nitrogens is 1. The van der Waals surface area contributed by atoms with Crippen LogP contribution in [0, 0.1) is 5.41 Å². The van der Waals surface area contributed by atoms with Crippen molar-refractivity contribution < 1.29 is 36.6 Å². The summed E-state index contributed by atoms with van der Waals surface area (Å²) >= 11 is 0. The van der Waals surface area contributed by atoms with Crippen molar-refractivity contribution in [2.75, 3.05) is 51.4 Å². The number of carbonyl (C=O) groups is 1. The Bertz CT molecular complexity index is 1750. The molecule has 9 nitrogen and oxygen atoms in total. The third-order valence-corrected chi connectivity index (χ3v) is 9.40. The van der Waals surface area contributed by atoms with Crippen LogP contribution in [0.3, 0.4) is 0 Å². The second-order valence-corrected chi connectivity index (χ2v) is 13.3. The van der Waals surface area contributed by atoms with Crippen LogP contribution in [0.25, 0.3) is 11.1 Å². The molecular weight excluding hydrogens is 678 g/mol. The van der Waals surface area contributed by atoms with Crippen LogP contribution in [-0.2, 0) is 14.3 Å². The number of morpholine rings is 1. The number of rotatable bonds is 14. The van der Waals surface area contributed by atoms with Crippen molar-refractivity contribution in [1.82, 2.24) is 15.2 Å². The molecule has 13 heteroatoms. The van der Waals surface area contributed by atoms with Gasteiger partial charge < -0.3 is 29.7 Å². The maximum atomic E-state index is 14.8. The van der Waals surface area contributed by atoms with Crippen LogP contribution in [0.4, 0.5) is 23.2 Å². The number of nitrogens with zero attached hydrogens (tertiary/aromatic N) is 2. The van der Waals surface area contributed by atoms with Gasteiger partial charge in [-0.2, -0.15) is 17.6 Å². The van der Waals surface area contributed by atoms with Gasteiger partial charge in [0.15, 0.2) is 0 Å². The van der Waals surface area contributed by atoms with Gasteiger partial charge in [-0.05, 0) is 72.6 Å². The van der Waals surface area contributed by atoms with Gasteiger partial charge in [0.25, 0.3) is 0 Å². The molecule has 2 aromatic carbocycles. The van der Waals surface area contributed by atoms with Crippen molar-refractivity contribution in [2.45, 2.75) is 56.5 Å². The molecule has 52 heavy (non-hydrogen) atoms. The minimum Gasteiger partial charge on any atom is -0.476 e. The van der Waals surface area contributed by atoms with E-state index in [0.29, 0.717) is 80.7 Å². The summed E-state index contributed by atoms with van der Waals surface area (Å²) in [6, 6.07) is 16.1. The van der Waals surface area contributed by atoms with E-state index in [4.69, 9.17) is 19.6 Å². The minimum absolute atomic E-state index is 0.0162. The third kappa shape index (κ3) is 10.0. The molecule has 3 heterocycles. The Kier molecular flexibility index (Phi) is 12.0. The average molecular weight is 722 g/mol. The van der Waals surface area contributed by atoms with Crippen LogP contribution in [-0.4, -0.2) is 85.8 Å². The van der Waals surface area contributed by atoms with Crippen molar-refractivity contribution in [3.05, 3.63) is 101 Å². The van der Waals surface area contributed by atoms with Gasteiger partial charge in [-0.25, -0.2) is 4.98 Å². The summed E-state index contributed by atoms with van der Waals surface area (Å²) in [5.74, 6) is -0.972. The van der Waals surface area contributed by atoms with E-state index in [1.54, 1.807) is 71.6 Å². The van der Waals surface area contributed by atoms with Gasteiger partial charge in [-0.3, -0.25) is 10.2 Å². The standard InChI is InChI=1S/C39H43F4N5O4/c40-37(44)30-23-28(11-13-32(30)47-34-9-4-5-20-51-34)36(31(24-39(41,42)43)27-7-2-1-3-8-27)29-12-14-33(45-25-29)52-26-38(15-16-38)46-17-6-10-35(49)48-18-21-50-22-19-48/h1-3,6-8,10-14,23,25,34,44,46-47H,4-5,9,15-22,24,26H2/b10-6+,36-31-,44-37?. The first-order chi connectivity index (χ1) is 25.1. The molecule has 1 atom stereocenters. The van der Waals surface area contributed by atoms with Gasteiger partial charge in [-0.1, -0.05) is 42.5 Å². The molecule has 1 aromatic heterocycles. The molecule has 3 fully saturated rings. The van der Waals surface area contributed by atoms with E-state index in [0.717, 1.165) is 25.7 Å². The van der Waals surface area contributed by atoms with E-state index >= 15 is 0 Å². The first kappa shape index (κ1) is 37.2. The number of halogens is 4. The summed E-state index contributed by atoms with van der Waals surface area (Å²) in [4.78, 5) is 18.6. The van der Waals surface area contributed by atoms with Crippen LogP contribution in [0.5, 0.6) is 5.88 Å². The lowest BCUT2D eigenvalue weighted by Crippen LogP contribution is -2.40. The topological polar surface area (TPSA) is 109 Å². The Morgan fingerprint density at radius 1 is 1.02 bits per heavy atom. The van der Waals surface area contributed by atoms with E-state index < -0.39 is 18.6 Å². The van der Waals surface area contributed by atoms with E-state index in [1.165, 1.54) is 12.3 Å². The Balaban J connectivity index is 1.23. The summed E-state index contributed by atoms with van der Waals surface area (Å²) in [5, 5.41) is 14.5. The number of benzene rings is 2. The number of allylic oxidation sites excluding steroid dienone is 1. The SMILES string of the molecule is N=C(F)c1cc(/C(=C(\CC(F)(F)F)c2ccccc2)c2ccc(OCC3(NC/C=C/C(=O)N4CCOCC4)CC3)nc2)ccc1NC1CCCCO1. The lowest BCUT2D eigenvalue weighted by molar-refractivity contribution is -0.130. The van der Waals surface area contributed by atoms with Crippen molar-refractivity contribution in [2.24, 2.45) is 0 Å². The molecule has 1 saturated carbocycles. The minimum atomic E-state index is -4.56. The summed E-state index contributed by atoms with van der Waals surface area (Å²) in [5.41, 5.74) is 1.19. The number of anilines is 1. The van der Waals surface area contributed by atoms with Gasteiger partial charge in [-0.15, -0.1) is 0 Å². The molecule has 0 bridgehead atoms. The fraction of sp³-hybridized carbons (Fsp3) is 0.410. The quantitative estimate of drug-likeness (QED) is 0.0703. The van der Waals surface area contributed by atoms with E-state index in [9.17, 15) is 22.4 Å². The first-order valence-electron chi connectivity index (χ1n) is 17.6. The number of hydrogen-bond donors (Lipinski definition) is 3. The number of ether oxygens (including phenoxy) is 3. The average Bonchev–Trinajstić information content (AvgIpc) is 3.93. The van der Waals surface area contributed by atoms with E-state index in [-0.39, 0.29) is 34.4 Å². The smallest absolute Gasteiger partial charge is 0.393 e. The molecule has 0 spiro atoms. The number of nitrogens with one attached hydrogen (secondary N) is 3. The Hall–Kier alpha value is -4.59. The molecule has 3 aliphatic rings. The maximum Gasteiger partial charge on any atom is 0.393 e. The van der Waals surface area contributed by atoms with Crippen LogP contribution < -0.4 is 15.4 Å². The van der Waals surface area contributed by atoms with Crippen LogP contribution in [0.2, 0.25) is 0 Å². The third-order valence-electron chi connectivity index (χ3n) is 9.40. The Morgan fingerprint density at radius 2 is 1.79 bits per heavy atom. The number of alkyl halides is 3. The van der Waals surface area contributed by atoms with Gasteiger partial charge in [0.1, 0.15) is 12.8 Å². The van der Waals surface area contributed by atoms with Crippen LogP contribution in [0.15, 0.2) is 79.0 Å². The molecule has 2 aliphatic heterocycles. The second kappa shape index (κ2) is 16.8. The number of carbonyl (C=O) groups excluding carboxylic acids is 1. The molecule has 2 saturated heterocycles. The highest BCUT2D eigenvalue weighted by Crippen LogP contribution is 2.41. The van der Waals surface area contributed by atoms with Crippen molar-refractivity contribution in [3.8, 4) is 5.88 Å². The Labute approximate surface area is 300 Å². The molecule has 3 N–H and O–H groups in total. The summed E-state index contributed by atoms with van der Waals surface area (Å²) in [6.45, 7) is 3.61. The zero-order chi connectivity index (χ0) is 36.6. The molecular formula is C39H43F4N5O4. The molecule has 1 unspecified atom stereocenters. The summed E-state index contributed by atoms with van der Waals surface area (Å²) < 4.78 is 74.5. The maximum absolute atomic E-state index is 14.8. The molecule has 1 aliphatic carbocycles. The summed E-state index contributed by atoms with van der Waals surface area (Å²) in [7, 11) is 0. The normalized spacial score (nSPS) is 19.2. The monoisotopic (exact) mass is 721 g/mol. The lowest BCUT2D eigenvalue weighted by atomic mass is 9.87. The Morgan fingerprint density at radius 3 is 2.44 bits per heavy atom. The van der Waals surface area contributed by atoms with E-state index in [2.05, 4.69) is 15.6 Å². The highest BCUT2D eigenvalue weighted by Gasteiger charge is 2.43. The zero-order valence-corrected chi connectivity index (χ0v) is 28.8. The van der Waals surface area contributed by atoms with Crippen molar-refractivity contribution in [1.29, 1.82) is 5.41 Å². The number of pyridine rings is 1. The largest absolute Gasteiger partial charge is 0.476 e. The first-order valence-corrected chi connectivity index (χ1v) is 17.6. The highest BCUT2D eigenvalue weighted by atomic mass is 19.4. The second-order valence-electron chi connectivity index (χ2n) is 13.3. The van der Waals surface area contributed by atoms with E-state index in [1.807, 2.05) is 0 Å². The highest BCUT2D eigenvalue weighted by molar-refractivity contribution is 6.02. The fourth-order valence-electron chi connectivity index (χ4n) is 6.40. The molecule has 276 valence electrons. The molecule has 0 radical (unpaired) electrons. The summed E-state index contributed by atoms with van der Waals surface area (Å²) in [6.07, 6.45) is 2.98. The predicted octanol–water partition coefficient (Wildman–Crippen LogP) is 7.14. The lowest BCUT2D eigenvalue weighted by Gasteiger charge is -2.26. The molecule has 1 amide bonds. The van der Waals surface area contributed by atoms with Gasteiger partial charge >= 0.3 is 6.18 Å². The molecule has 6 rings (SSSR count). The van der Waals surface area contributed by atoms with Crippen molar-refractivity contribution >= 4 is 28.7 Å². The number of hydrogen-bond acceptors (Lipinski definition) is 8. The predicted molar refractivity (Wildman–Crippen MR) is 191 cm³/mol. The van der Waals surface area contributed by atoms with Crippen LogP contribution in [0.1, 0.15) is 60.8 Å². The zero-order valence-electron chi connectivity index (χ0n) is 28.8. The van der Waals surface area contributed by atoms with Gasteiger partial charge in [0.05, 0.1) is 30.7 Å². The van der Waals surface area contributed by atoms with Gasteiger partial charge in [0, 0.05) is 55.8 Å². The molecule has 3 aromatic rings. The fourth-order valence-corrected chi connectivity index (χ4v) is 6.40. The van der Waals surface area contributed by atoms with Crippen molar-refractivity contribution in [3.63, 3.8) is 0 Å².